The number of rotatable bonds is 4. The van der Waals surface area contributed by atoms with Crippen molar-refractivity contribution in [3.63, 3.8) is 0 Å². The molecule has 19 heavy (non-hydrogen) atoms. The zero-order valence-corrected chi connectivity index (χ0v) is 10.6. The fourth-order valence-corrected chi connectivity index (χ4v) is 0.916. The highest BCUT2D eigenvalue weighted by Crippen LogP contribution is 1.86. The molecule has 1 aromatic rings. The lowest BCUT2D eigenvalue weighted by atomic mass is 10.6. The molecule has 0 unspecified atom stereocenters. The molecule has 0 atom stereocenters. The van der Waals surface area contributed by atoms with Crippen LogP contribution in [0.25, 0.3) is 0 Å². The maximum atomic E-state index is 12.8. The smallest absolute Gasteiger partial charge is 0.408 e. The Labute approximate surface area is 110 Å². The lowest BCUT2D eigenvalue weighted by Gasteiger charge is -2.07. The SMILES string of the molecule is CC.O=C(NCCO)OCn1cc(F)c(=O)[nH]c1=O.[HH].[HH]. The van der Waals surface area contributed by atoms with E-state index in [0.29, 0.717) is 10.8 Å². The van der Waals surface area contributed by atoms with Crippen molar-refractivity contribution in [2.45, 2.75) is 20.6 Å². The van der Waals surface area contributed by atoms with E-state index in [1.54, 1.807) is 4.98 Å². The number of halogens is 1. The number of carbonyl (C=O) groups is 1. The molecule has 1 amide bonds. The minimum atomic E-state index is -1.16. The van der Waals surface area contributed by atoms with Gasteiger partial charge in [-0.25, -0.2) is 9.59 Å². The van der Waals surface area contributed by atoms with Crippen LogP contribution < -0.4 is 16.6 Å². The molecule has 0 aliphatic carbocycles. The third-order valence-electron chi connectivity index (χ3n) is 1.68. The molecule has 0 bridgehead atoms. The average Bonchev–Trinajstić information content (AvgIpc) is 2.41. The van der Waals surface area contributed by atoms with Gasteiger partial charge in [0, 0.05) is 9.40 Å². The lowest BCUT2D eigenvalue weighted by molar-refractivity contribution is 0.109. The van der Waals surface area contributed by atoms with Crippen LogP contribution in [0.1, 0.15) is 16.7 Å². The maximum absolute atomic E-state index is 12.8. The molecule has 0 aromatic carbocycles. The second-order valence-electron chi connectivity index (χ2n) is 2.92. The summed E-state index contributed by atoms with van der Waals surface area (Å²) in [7, 11) is 0. The van der Waals surface area contributed by atoms with Gasteiger partial charge in [-0.3, -0.25) is 14.3 Å². The molecule has 3 N–H and O–H groups in total. The molecule has 1 rings (SSSR count). The first-order valence-corrected chi connectivity index (χ1v) is 5.55. The number of nitrogens with zero attached hydrogens (tertiary/aromatic N) is 1. The van der Waals surface area contributed by atoms with E-state index < -0.39 is 29.9 Å². The van der Waals surface area contributed by atoms with Crippen LogP contribution in [-0.2, 0) is 11.5 Å². The summed E-state index contributed by atoms with van der Waals surface area (Å²) in [5.74, 6) is -1.16. The van der Waals surface area contributed by atoms with Crippen molar-refractivity contribution in [1.29, 1.82) is 0 Å². The molecule has 0 saturated carbocycles. The van der Waals surface area contributed by atoms with Crippen LogP contribution in [0.15, 0.2) is 15.8 Å². The first kappa shape index (κ1) is 16.8. The van der Waals surface area contributed by atoms with E-state index in [0.717, 1.165) is 0 Å². The summed E-state index contributed by atoms with van der Waals surface area (Å²) < 4.78 is 18.0. The second-order valence-corrected chi connectivity index (χ2v) is 2.92. The number of hydrogen-bond acceptors (Lipinski definition) is 5. The van der Waals surface area contributed by atoms with Gasteiger partial charge in [0.25, 0.3) is 5.56 Å². The number of carbonyl (C=O) groups excluding carboxylic acids is 1. The highest BCUT2D eigenvalue weighted by atomic mass is 19.1. The molecule has 9 heteroatoms. The number of aromatic amines is 1. The number of hydrogen-bond donors (Lipinski definition) is 3. The fraction of sp³-hybridized carbons (Fsp3) is 0.500. The molecule has 0 saturated heterocycles. The van der Waals surface area contributed by atoms with E-state index in [-0.39, 0.29) is 16.0 Å². The van der Waals surface area contributed by atoms with Crippen molar-refractivity contribution < 1.29 is 21.9 Å². The van der Waals surface area contributed by atoms with Crippen molar-refractivity contribution >= 4 is 6.09 Å². The molecule has 1 aromatic heterocycles. The maximum Gasteiger partial charge on any atom is 0.408 e. The summed E-state index contributed by atoms with van der Waals surface area (Å²) in [6.07, 6.45) is -0.252. The van der Waals surface area contributed by atoms with Gasteiger partial charge < -0.3 is 15.2 Å². The quantitative estimate of drug-likeness (QED) is 0.711. The third-order valence-corrected chi connectivity index (χ3v) is 1.68. The Bertz CT molecular complexity index is 520. The van der Waals surface area contributed by atoms with Crippen molar-refractivity contribution in [1.82, 2.24) is 14.9 Å². The monoisotopic (exact) mass is 281 g/mol. The minimum Gasteiger partial charge on any atom is -0.428 e. The van der Waals surface area contributed by atoms with Crippen LogP contribution in [0, 0.1) is 5.82 Å². The van der Waals surface area contributed by atoms with Crippen molar-refractivity contribution in [2.75, 3.05) is 13.2 Å². The first-order chi connectivity index (χ1) is 9.04. The lowest BCUT2D eigenvalue weighted by Crippen LogP contribution is -2.34. The Morgan fingerprint density at radius 3 is 2.79 bits per heavy atom. The normalized spacial score (nSPS) is 9.26. The Morgan fingerprint density at radius 1 is 1.58 bits per heavy atom. The summed E-state index contributed by atoms with van der Waals surface area (Å²) in [4.78, 5) is 34.4. The van der Waals surface area contributed by atoms with Crippen LogP contribution in [0.5, 0.6) is 0 Å². The number of amides is 1. The molecule has 0 aliphatic heterocycles. The van der Waals surface area contributed by atoms with Gasteiger partial charge in [-0.1, -0.05) is 13.8 Å². The van der Waals surface area contributed by atoms with Gasteiger partial charge in [-0.15, -0.1) is 0 Å². The summed E-state index contributed by atoms with van der Waals surface area (Å²) in [6.45, 7) is 3.18. The summed E-state index contributed by atoms with van der Waals surface area (Å²) in [5, 5.41) is 10.6. The highest BCUT2D eigenvalue weighted by molar-refractivity contribution is 5.66. The van der Waals surface area contributed by atoms with E-state index in [4.69, 9.17) is 5.11 Å². The van der Waals surface area contributed by atoms with E-state index in [1.807, 2.05) is 13.8 Å². The minimum absolute atomic E-state index is 0. The Kier molecular flexibility index (Phi) is 7.85. The van der Waals surface area contributed by atoms with Crippen molar-refractivity contribution in [3.8, 4) is 0 Å². The van der Waals surface area contributed by atoms with Gasteiger partial charge >= 0.3 is 11.8 Å². The van der Waals surface area contributed by atoms with Gasteiger partial charge in [0.15, 0.2) is 6.73 Å². The number of ether oxygens (including phenoxy) is 1. The number of nitrogens with one attached hydrogen (secondary N) is 2. The number of aliphatic hydroxyl groups is 1. The van der Waals surface area contributed by atoms with E-state index in [9.17, 15) is 18.8 Å². The predicted octanol–water partition coefficient (Wildman–Crippen LogP) is -0.130. The topological polar surface area (TPSA) is 113 Å². The predicted molar refractivity (Wildman–Crippen MR) is 68.4 cm³/mol. The Hall–Kier alpha value is -2.16. The standard InChI is InChI=1S/C8H10FN3O5.C2H6.2H2/c9-5-3-12(7(15)11-6(5)14)4-17-8(16)10-1-2-13;1-2;;/h3,13H,1-2,4H2,(H,10,16)(H,11,14,15);1-2H3;2*1H. The van der Waals surface area contributed by atoms with Crippen molar-refractivity contribution in [2.24, 2.45) is 0 Å². The number of aliphatic hydroxyl groups excluding tert-OH is 1. The van der Waals surface area contributed by atoms with Gasteiger partial charge in [0.05, 0.1) is 12.8 Å². The van der Waals surface area contributed by atoms with Gasteiger partial charge in [-0.2, -0.15) is 4.39 Å². The molecular weight excluding hydrogens is 261 g/mol. The van der Waals surface area contributed by atoms with Gasteiger partial charge in [-0.05, 0) is 0 Å². The fourth-order valence-electron chi connectivity index (χ4n) is 0.916. The third kappa shape index (κ3) is 5.82. The van der Waals surface area contributed by atoms with Crippen LogP contribution in [0.2, 0.25) is 0 Å². The average molecular weight is 281 g/mol. The van der Waals surface area contributed by atoms with E-state index in [2.05, 4.69) is 10.1 Å². The Balaban J connectivity index is -0.000000774. The molecular formula is C10H20FN3O5. The van der Waals surface area contributed by atoms with Gasteiger partial charge in [0.1, 0.15) is 0 Å². The summed E-state index contributed by atoms with van der Waals surface area (Å²) in [5.41, 5.74) is -2.04. The van der Waals surface area contributed by atoms with Crippen LogP contribution >= 0.6 is 0 Å². The van der Waals surface area contributed by atoms with Crippen molar-refractivity contribution in [3.05, 3.63) is 32.9 Å². The number of H-pyrrole nitrogens is 1. The summed E-state index contributed by atoms with van der Waals surface area (Å²) in [6, 6.07) is 0. The molecule has 0 radical (unpaired) electrons. The molecule has 112 valence electrons. The molecule has 1 heterocycles. The largest absolute Gasteiger partial charge is 0.428 e. The number of alkyl carbamates (subject to hydrolysis) is 1. The summed E-state index contributed by atoms with van der Waals surface area (Å²) >= 11 is 0. The second kappa shape index (κ2) is 8.86. The highest BCUT2D eigenvalue weighted by Gasteiger charge is 2.06. The van der Waals surface area contributed by atoms with E-state index >= 15 is 0 Å². The molecule has 8 nitrogen and oxygen atoms in total. The first-order valence-electron chi connectivity index (χ1n) is 5.55. The number of aromatic nitrogens is 2. The Morgan fingerprint density at radius 2 is 2.21 bits per heavy atom. The van der Waals surface area contributed by atoms with Crippen LogP contribution in [-0.4, -0.2) is 33.9 Å². The van der Waals surface area contributed by atoms with Crippen LogP contribution in [0.4, 0.5) is 9.18 Å². The molecule has 0 spiro atoms. The van der Waals surface area contributed by atoms with Gasteiger partial charge in [0.2, 0.25) is 5.82 Å². The molecule has 0 fully saturated rings. The molecule has 0 aliphatic rings. The zero-order chi connectivity index (χ0) is 14.8. The van der Waals surface area contributed by atoms with Crippen LogP contribution in [0.3, 0.4) is 0 Å². The zero-order valence-electron chi connectivity index (χ0n) is 10.6. The van der Waals surface area contributed by atoms with E-state index in [1.165, 1.54) is 0 Å².